The first-order valence-electron chi connectivity index (χ1n) is 8.45. The Kier molecular flexibility index (Phi) is 11.2. The molecule has 0 unspecified atom stereocenters. The number of aryl methyl sites for hydroxylation is 1. The van der Waals surface area contributed by atoms with Gasteiger partial charge in [0.15, 0.2) is 5.96 Å². The van der Waals surface area contributed by atoms with E-state index in [1.54, 1.807) is 0 Å². The average molecular weight is 473 g/mol. The highest BCUT2D eigenvalue weighted by molar-refractivity contribution is 14.0. The molecule has 6 heteroatoms. The minimum Gasteiger partial charge on any atom is -0.357 e. The topological polar surface area (TPSA) is 49.3 Å². The summed E-state index contributed by atoms with van der Waals surface area (Å²) in [5.74, 6) is 0.854. The van der Waals surface area contributed by atoms with Gasteiger partial charge < -0.3 is 10.6 Å². The summed E-state index contributed by atoms with van der Waals surface area (Å²) in [5.41, 5.74) is 2.27. The third-order valence-corrected chi connectivity index (χ3v) is 3.94. The van der Waals surface area contributed by atoms with Gasteiger partial charge in [-0.2, -0.15) is 0 Å². The second kappa shape index (κ2) is 12.9. The van der Waals surface area contributed by atoms with E-state index in [-0.39, 0.29) is 24.0 Å². The summed E-state index contributed by atoms with van der Waals surface area (Å²) >= 11 is 6.18. The molecule has 1 heterocycles. The Balaban J connectivity index is 0.00000312. The van der Waals surface area contributed by atoms with E-state index < -0.39 is 0 Å². The van der Waals surface area contributed by atoms with E-state index in [9.17, 15) is 0 Å². The molecular weight excluding hydrogens is 447 g/mol. The molecule has 25 heavy (non-hydrogen) atoms. The molecular formula is C19H26ClIN4. The SMILES string of the molecule is CCNC(=NCCCc1ccccc1Cl)NCCc1ccccn1.I. The van der Waals surface area contributed by atoms with E-state index >= 15 is 0 Å². The van der Waals surface area contributed by atoms with E-state index in [4.69, 9.17) is 11.6 Å². The van der Waals surface area contributed by atoms with Gasteiger partial charge in [-0.1, -0.05) is 35.9 Å². The fourth-order valence-corrected chi connectivity index (χ4v) is 2.59. The maximum Gasteiger partial charge on any atom is 0.191 e. The zero-order valence-corrected chi connectivity index (χ0v) is 17.6. The van der Waals surface area contributed by atoms with Crippen molar-refractivity contribution in [2.24, 2.45) is 4.99 Å². The predicted octanol–water partition coefficient (Wildman–Crippen LogP) is 4.08. The quantitative estimate of drug-likeness (QED) is 0.263. The van der Waals surface area contributed by atoms with Crippen LogP contribution in [0.25, 0.3) is 0 Å². The molecule has 0 aliphatic carbocycles. The highest BCUT2D eigenvalue weighted by atomic mass is 127. The molecule has 2 aromatic rings. The minimum absolute atomic E-state index is 0. The molecule has 0 atom stereocenters. The smallest absolute Gasteiger partial charge is 0.191 e. The van der Waals surface area contributed by atoms with E-state index in [1.807, 2.05) is 42.6 Å². The molecule has 2 N–H and O–H groups in total. The zero-order chi connectivity index (χ0) is 17.0. The first-order chi connectivity index (χ1) is 11.8. The van der Waals surface area contributed by atoms with E-state index in [1.165, 1.54) is 5.56 Å². The van der Waals surface area contributed by atoms with Crippen molar-refractivity contribution in [2.45, 2.75) is 26.2 Å². The van der Waals surface area contributed by atoms with Crippen molar-refractivity contribution in [3.8, 4) is 0 Å². The number of pyridine rings is 1. The number of aliphatic imine (C=N–C) groups is 1. The van der Waals surface area contributed by atoms with Gasteiger partial charge in [-0.25, -0.2) is 0 Å². The van der Waals surface area contributed by atoms with E-state index in [0.29, 0.717) is 0 Å². The average Bonchev–Trinajstić information content (AvgIpc) is 2.61. The minimum atomic E-state index is 0. The summed E-state index contributed by atoms with van der Waals surface area (Å²) in [5, 5.41) is 7.46. The summed E-state index contributed by atoms with van der Waals surface area (Å²) in [6, 6.07) is 14.0. The maximum atomic E-state index is 6.18. The second-order valence-corrected chi connectivity index (χ2v) is 5.86. The number of nitrogens with zero attached hydrogens (tertiary/aromatic N) is 2. The number of nitrogens with one attached hydrogen (secondary N) is 2. The molecule has 0 saturated heterocycles. The molecule has 1 aromatic heterocycles. The number of hydrogen-bond acceptors (Lipinski definition) is 2. The van der Waals surface area contributed by atoms with Gasteiger partial charge in [0.1, 0.15) is 0 Å². The maximum absolute atomic E-state index is 6.18. The lowest BCUT2D eigenvalue weighted by Gasteiger charge is -2.11. The summed E-state index contributed by atoms with van der Waals surface area (Å²) < 4.78 is 0. The third-order valence-electron chi connectivity index (χ3n) is 3.58. The largest absolute Gasteiger partial charge is 0.357 e. The first kappa shape index (κ1) is 21.7. The van der Waals surface area contributed by atoms with Crippen molar-refractivity contribution in [3.05, 3.63) is 64.9 Å². The van der Waals surface area contributed by atoms with Crippen molar-refractivity contribution >= 4 is 41.5 Å². The Morgan fingerprint density at radius 2 is 1.88 bits per heavy atom. The van der Waals surface area contributed by atoms with Gasteiger partial charge >= 0.3 is 0 Å². The van der Waals surface area contributed by atoms with Crippen LogP contribution in [0.2, 0.25) is 5.02 Å². The van der Waals surface area contributed by atoms with Crippen LogP contribution in [0.15, 0.2) is 53.7 Å². The van der Waals surface area contributed by atoms with Crippen LogP contribution in [0.5, 0.6) is 0 Å². The molecule has 0 spiro atoms. The van der Waals surface area contributed by atoms with Crippen molar-refractivity contribution < 1.29 is 0 Å². The Morgan fingerprint density at radius 3 is 2.60 bits per heavy atom. The Bertz CT molecular complexity index is 634. The van der Waals surface area contributed by atoms with Crippen LogP contribution in [0.1, 0.15) is 24.6 Å². The molecule has 0 saturated carbocycles. The van der Waals surface area contributed by atoms with Gasteiger partial charge in [0, 0.05) is 43.0 Å². The van der Waals surface area contributed by atoms with Crippen molar-refractivity contribution in [1.29, 1.82) is 0 Å². The molecule has 0 fully saturated rings. The molecule has 136 valence electrons. The normalized spacial score (nSPS) is 10.9. The number of guanidine groups is 1. The van der Waals surface area contributed by atoms with Crippen molar-refractivity contribution in [1.82, 2.24) is 15.6 Å². The zero-order valence-electron chi connectivity index (χ0n) is 14.5. The van der Waals surface area contributed by atoms with Crippen molar-refractivity contribution in [3.63, 3.8) is 0 Å². The summed E-state index contributed by atoms with van der Waals surface area (Å²) in [7, 11) is 0. The lowest BCUT2D eigenvalue weighted by atomic mass is 10.1. The Hall–Kier alpha value is -1.34. The van der Waals surface area contributed by atoms with Gasteiger partial charge in [0.05, 0.1) is 0 Å². The number of hydrogen-bond donors (Lipinski definition) is 2. The Labute approximate surface area is 172 Å². The van der Waals surface area contributed by atoms with Crippen LogP contribution in [-0.4, -0.2) is 30.6 Å². The fraction of sp³-hybridized carbons (Fsp3) is 0.368. The van der Waals surface area contributed by atoms with Gasteiger partial charge in [-0.15, -0.1) is 24.0 Å². The molecule has 2 rings (SSSR count). The molecule has 0 radical (unpaired) electrons. The van der Waals surface area contributed by atoms with Gasteiger partial charge in [0.25, 0.3) is 0 Å². The van der Waals surface area contributed by atoms with E-state index in [2.05, 4.69) is 33.6 Å². The van der Waals surface area contributed by atoms with Crippen LogP contribution in [0.3, 0.4) is 0 Å². The fourth-order valence-electron chi connectivity index (χ4n) is 2.36. The molecule has 0 amide bonds. The summed E-state index contributed by atoms with van der Waals surface area (Å²) in [6.45, 7) is 4.50. The van der Waals surface area contributed by atoms with Crippen LogP contribution in [0.4, 0.5) is 0 Å². The standard InChI is InChI=1S/C19H25ClN4.HI/c1-2-21-19(24-15-12-17-10-5-6-13-22-17)23-14-7-9-16-8-3-4-11-18(16)20;/h3-6,8,10-11,13H,2,7,9,12,14-15H2,1H3,(H2,21,23,24);1H. The molecule has 4 nitrogen and oxygen atoms in total. The van der Waals surface area contributed by atoms with Gasteiger partial charge in [0.2, 0.25) is 0 Å². The van der Waals surface area contributed by atoms with Crippen LogP contribution < -0.4 is 10.6 Å². The third kappa shape index (κ3) is 8.54. The first-order valence-corrected chi connectivity index (χ1v) is 8.83. The molecule has 0 bridgehead atoms. The number of halogens is 2. The highest BCUT2D eigenvalue weighted by Gasteiger charge is 2.00. The highest BCUT2D eigenvalue weighted by Crippen LogP contribution is 2.16. The molecule has 1 aromatic carbocycles. The second-order valence-electron chi connectivity index (χ2n) is 5.45. The molecule has 0 aliphatic rings. The van der Waals surface area contributed by atoms with E-state index in [0.717, 1.165) is 55.6 Å². The number of rotatable bonds is 8. The summed E-state index contributed by atoms with van der Waals surface area (Å²) in [4.78, 5) is 8.95. The number of aromatic nitrogens is 1. The number of benzene rings is 1. The van der Waals surface area contributed by atoms with Crippen LogP contribution in [-0.2, 0) is 12.8 Å². The predicted molar refractivity (Wildman–Crippen MR) is 117 cm³/mol. The van der Waals surface area contributed by atoms with Gasteiger partial charge in [-0.3, -0.25) is 9.98 Å². The van der Waals surface area contributed by atoms with Gasteiger partial charge in [-0.05, 0) is 43.5 Å². The lowest BCUT2D eigenvalue weighted by molar-refractivity contribution is 0.770. The van der Waals surface area contributed by atoms with Crippen molar-refractivity contribution in [2.75, 3.05) is 19.6 Å². The van der Waals surface area contributed by atoms with Crippen LogP contribution >= 0.6 is 35.6 Å². The lowest BCUT2D eigenvalue weighted by Crippen LogP contribution is -2.38. The Morgan fingerprint density at radius 1 is 1.08 bits per heavy atom. The summed E-state index contributed by atoms with van der Waals surface area (Å²) in [6.07, 6.45) is 4.62. The van der Waals surface area contributed by atoms with Crippen LogP contribution in [0, 0.1) is 0 Å². The monoisotopic (exact) mass is 472 g/mol. The molecule has 0 aliphatic heterocycles.